The summed E-state index contributed by atoms with van der Waals surface area (Å²) in [5.74, 6) is 0.979. The molecule has 0 radical (unpaired) electrons. The van der Waals surface area contributed by atoms with Gasteiger partial charge in [0.05, 0.1) is 6.54 Å². The maximum Gasteiger partial charge on any atom is 0.234 e. The summed E-state index contributed by atoms with van der Waals surface area (Å²) in [7, 11) is 0. The molecule has 0 fully saturated rings. The van der Waals surface area contributed by atoms with E-state index in [1.54, 1.807) is 0 Å². The van der Waals surface area contributed by atoms with E-state index in [0.717, 1.165) is 12.2 Å². The van der Waals surface area contributed by atoms with Gasteiger partial charge in [-0.15, -0.1) is 0 Å². The molecule has 0 unspecified atom stereocenters. The Hall–Kier alpha value is -0.270. The Bertz CT molecular complexity index is 121. The van der Waals surface area contributed by atoms with E-state index in [0.29, 0.717) is 6.54 Å². The number of hydrogen-bond acceptors (Lipinski definition) is 3. The van der Waals surface area contributed by atoms with Crippen LogP contribution in [0.15, 0.2) is 4.99 Å². The first-order valence-electron chi connectivity index (χ1n) is 4.06. The molecule has 0 aromatic rings. The van der Waals surface area contributed by atoms with E-state index in [9.17, 15) is 4.79 Å². The summed E-state index contributed by atoms with van der Waals surface area (Å²) in [4.78, 5) is 13.1. The van der Waals surface area contributed by atoms with E-state index in [4.69, 9.17) is 0 Å². The molecular weight excluding hydrogens is 158 g/mol. The van der Waals surface area contributed by atoms with Crippen molar-refractivity contribution in [3.8, 4) is 0 Å². The molecule has 0 heterocycles. The average molecular weight is 173 g/mol. The van der Waals surface area contributed by atoms with Crippen molar-refractivity contribution in [2.75, 3.05) is 12.3 Å². The molecule has 0 atom stereocenters. The number of thiol groups is 1. The standard InChI is InChI=1S/C8H15NOS/c10-8-9-6-4-2-1-3-5-7-11/h11H,1-7H2. The SMILES string of the molecule is O=C=NCCCCCCCS. The van der Waals surface area contributed by atoms with E-state index in [1.165, 1.54) is 31.8 Å². The number of hydrogen-bond donors (Lipinski definition) is 1. The fourth-order valence-corrected chi connectivity index (χ4v) is 1.10. The summed E-state index contributed by atoms with van der Waals surface area (Å²) < 4.78 is 0. The monoisotopic (exact) mass is 173 g/mol. The normalized spacial score (nSPS) is 9.18. The molecule has 0 aromatic heterocycles. The van der Waals surface area contributed by atoms with Crippen LogP contribution < -0.4 is 0 Å². The lowest BCUT2D eigenvalue weighted by Gasteiger charge is -1.95. The topological polar surface area (TPSA) is 29.4 Å². The molecule has 0 bridgehead atoms. The predicted octanol–water partition coefficient (Wildman–Crippen LogP) is 2.20. The van der Waals surface area contributed by atoms with Crippen molar-refractivity contribution in [1.82, 2.24) is 0 Å². The van der Waals surface area contributed by atoms with Crippen LogP contribution in [0.5, 0.6) is 0 Å². The van der Waals surface area contributed by atoms with Gasteiger partial charge in [-0.1, -0.05) is 19.3 Å². The minimum absolute atomic E-state index is 0.643. The Morgan fingerprint density at radius 3 is 2.36 bits per heavy atom. The number of carbonyl (C=O) groups excluding carboxylic acids is 1. The first kappa shape index (κ1) is 10.7. The lowest BCUT2D eigenvalue weighted by atomic mass is 10.1. The Kier molecular flexibility index (Phi) is 9.49. The average Bonchev–Trinajstić information content (AvgIpc) is 2.03. The van der Waals surface area contributed by atoms with E-state index in [1.807, 2.05) is 0 Å². The summed E-state index contributed by atoms with van der Waals surface area (Å²) in [6.07, 6.45) is 7.38. The van der Waals surface area contributed by atoms with Gasteiger partial charge in [0.15, 0.2) is 0 Å². The third-order valence-corrected chi connectivity index (χ3v) is 1.81. The van der Waals surface area contributed by atoms with Gasteiger partial charge in [-0.05, 0) is 18.6 Å². The van der Waals surface area contributed by atoms with Crippen molar-refractivity contribution in [1.29, 1.82) is 0 Å². The first-order chi connectivity index (χ1) is 5.41. The molecular formula is C8H15NOS. The molecule has 0 N–H and O–H groups in total. The van der Waals surface area contributed by atoms with Gasteiger partial charge >= 0.3 is 0 Å². The van der Waals surface area contributed by atoms with Gasteiger partial charge in [0, 0.05) is 0 Å². The van der Waals surface area contributed by atoms with Crippen LogP contribution in [0.3, 0.4) is 0 Å². The summed E-state index contributed by atoms with van der Waals surface area (Å²) in [5, 5.41) is 0. The van der Waals surface area contributed by atoms with Crippen LogP contribution in [0.4, 0.5) is 0 Å². The lowest BCUT2D eigenvalue weighted by Crippen LogP contribution is -1.83. The Balaban J connectivity index is 2.84. The van der Waals surface area contributed by atoms with E-state index >= 15 is 0 Å². The maximum atomic E-state index is 9.64. The summed E-state index contributed by atoms with van der Waals surface area (Å²) >= 11 is 4.11. The highest BCUT2D eigenvalue weighted by Gasteiger charge is 1.87. The van der Waals surface area contributed by atoms with Gasteiger partial charge in [0.2, 0.25) is 6.08 Å². The molecule has 0 amide bonds. The fourth-order valence-electron chi connectivity index (χ4n) is 0.879. The van der Waals surface area contributed by atoms with Crippen molar-refractivity contribution in [3.05, 3.63) is 0 Å². The van der Waals surface area contributed by atoms with Crippen LogP contribution in [0, 0.1) is 0 Å². The predicted molar refractivity (Wildman–Crippen MR) is 49.9 cm³/mol. The smallest absolute Gasteiger partial charge is 0.211 e. The highest BCUT2D eigenvalue weighted by atomic mass is 32.1. The minimum atomic E-state index is 0.643. The van der Waals surface area contributed by atoms with Crippen LogP contribution in [0.1, 0.15) is 32.1 Å². The van der Waals surface area contributed by atoms with Crippen molar-refractivity contribution in [2.24, 2.45) is 4.99 Å². The van der Waals surface area contributed by atoms with Crippen LogP contribution in [-0.4, -0.2) is 18.4 Å². The largest absolute Gasteiger partial charge is 0.234 e. The number of unbranched alkanes of at least 4 members (excludes halogenated alkanes) is 4. The second kappa shape index (κ2) is 9.73. The van der Waals surface area contributed by atoms with Crippen LogP contribution in [0.25, 0.3) is 0 Å². The van der Waals surface area contributed by atoms with E-state index in [-0.39, 0.29) is 0 Å². The molecule has 0 saturated carbocycles. The first-order valence-corrected chi connectivity index (χ1v) is 4.69. The summed E-state index contributed by atoms with van der Waals surface area (Å²) in [5.41, 5.74) is 0. The summed E-state index contributed by atoms with van der Waals surface area (Å²) in [6, 6.07) is 0. The van der Waals surface area contributed by atoms with E-state index in [2.05, 4.69) is 17.6 Å². The van der Waals surface area contributed by atoms with Gasteiger partial charge in [-0.3, -0.25) is 0 Å². The highest BCUT2D eigenvalue weighted by Crippen LogP contribution is 2.03. The summed E-state index contributed by atoms with van der Waals surface area (Å²) in [6.45, 7) is 0.643. The van der Waals surface area contributed by atoms with E-state index < -0.39 is 0 Å². The number of aliphatic imine (C=N–C) groups is 1. The zero-order chi connectivity index (χ0) is 8.36. The van der Waals surface area contributed by atoms with Gasteiger partial charge in [-0.25, -0.2) is 9.79 Å². The molecule has 3 heteroatoms. The molecule has 64 valence electrons. The Morgan fingerprint density at radius 1 is 1.09 bits per heavy atom. The third kappa shape index (κ3) is 9.73. The third-order valence-electron chi connectivity index (χ3n) is 1.49. The Labute approximate surface area is 73.5 Å². The molecule has 2 nitrogen and oxygen atoms in total. The zero-order valence-corrected chi connectivity index (χ0v) is 7.65. The number of rotatable bonds is 7. The molecule has 0 aliphatic heterocycles. The van der Waals surface area contributed by atoms with Crippen molar-refractivity contribution in [2.45, 2.75) is 32.1 Å². The molecule has 0 spiro atoms. The second-order valence-corrected chi connectivity index (χ2v) is 2.91. The quantitative estimate of drug-likeness (QED) is 0.272. The lowest BCUT2D eigenvalue weighted by molar-refractivity contribution is 0.561. The zero-order valence-electron chi connectivity index (χ0n) is 6.75. The maximum absolute atomic E-state index is 9.64. The molecule has 0 rings (SSSR count). The Morgan fingerprint density at radius 2 is 1.73 bits per heavy atom. The van der Waals surface area contributed by atoms with Crippen molar-refractivity contribution < 1.29 is 4.79 Å². The molecule has 0 aliphatic carbocycles. The van der Waals surface area contributed by atoms with Gasteiger partial charge in [0.1, 0.15) is 0 Å². The van der Waals surface area contributed by atoms with Crippen LogP contribution in [-0.2, 0) is 4.79 Å². The minimum Gasteiger partial charge on any atom is -0.211 e. The van der Waals surface area contributed by atoms with Gasteiger partial charge in [-0.2, -0.15) is 12.6 Å². The second-order valence-electron chi connectivity index (χ2n) is 2.46. The molecule has 11 heavy (non-hydrogen) atoms. The van der Waals surface area contributed by atoms with Gasteiger partial charge < -0.3 is 0 Å². The fraction of sp³-hybridized carbons (Fsp3) is 0.875. The highest BCUT2D eigenvalue weighted by molar-refractivity contribution is 7.80. The number of isocyanates is 1. The van der Waals surface area contributed by atoms with Crippen molar-refractivity contribution >= 4 is 18.7 Å². The number of nitrogens with zero attached hydrogens (tertiary/aromatic N) is 1. The van der Waals surface area contributed by atoms with Crippen molar-refractivity contribution in [3.63, 3.8) is 0 Å². The molecule has 0 aliphatic rings. The molecule has 0 saturated heterocycles. The van der Waals surface area contributed by atoms with Crippen LogP contribution in [0.2, 0.25) is 0 Å². The van der Waals surface area contributed by atoms with Gasteiger partial charge in [0.25, 0.3) is 0 Å². The van der Waals surface area contributed by atoms with Crippen LogP contribution >= 0.6 is 12.6 Å². The molecule has 0 aromatic carbocycles.